The van der Waals surface area contributed by atoms with E-state index in [1.165, 1.54) is 6.07 Å². The minimum Gasteiger partial charge on any atom is -0.479 e. The van der Waals surface area contributed by atoms with Gasteiger partial charge in [0.2, 0.25) is 11.1 Å². The van der Waals surface area contributed by atoms with Crippen molar-refractivity contribution in [1.82, 2.24) is 9.88 Å². The number of alkyl halides is 1. The molecule has 1 aromatic carbocycles. The topological polar surface area (TPSA) is 88.4 Å². The fourth-order valence-corrected chi connectivity index (χ4v) is 2.39. The first-order valence-corrected chi connectivity index (χ1v) is 8.51. The SMILES string of the molecule is O=C(NC(Cl)C(=O)O)c1cccc(C=CCCCn2ccccc2=O)c1. The van der Waals surface area contributed by atoms with E-state index < -0.39 is 17.4 Å². The maximum atomic E-state index is 12.0. The van der Waals surface area contributed by atoms with E-state index in [2.05, 4.69) is 5.32 Å². The van der Waals surface area contributed by atoms with Gasteiger partial charge in [-0.15, -0.1) is 0 Å². The van der Waals surface area contributed by atoms with Crippen LogP contribution in [-0.4, -0.2) is 27.1 Å². The van der Waals surface area contributed by atoms with Crippen molar-refractivity contribution in [3.63, 3.8) is 0 Å². The van der Waals surface area contributed by atoms with Crippen molar-refractivity contribution in [3.05, 3.63) is 76.2 Å². The van der Waals surface area contributed by atoms with Gasteiger partial charge in [0.05, 0.1) is 0 Å². The summed E-state index contributed by atoms with van der Waals surface area (Å²) >= 11 is 5.51. The summed E-state index contributed by atoms with van der Waals surface area (Å²) in [6, 6.07) is 11.8. The summed E-state index contributed by atoms with van der Waals surface area (Å²) in [5.74, 6) is -1.86. The molecule has 6 nitrogen and oxygen atoms in total. The van der Waals surface area contributed by atoms with E-state index in [1.54, 1.807) is 35.0 Å². The number of nitrogens with zero attached hydrogens (tertiary/aromatic N) is 1. The summed E-state index contributed by atoms with van der Waals surface area (Å²) in [6.07, 6.45) is 7.19. The van der Waals surface area contributed by atoms with Crippen LogP contribution in [-0.2, 0) is 11.3 Å². The maximum Gasteiger partial charge on any atom is 0.341 e. The molecule has 1 heterocycles. The number of pyridine rings is 1. The molecule has 0 aliphatic rings. The van der Waals surface area contributed by atoms with Gasteiger partial charge < -0.3 is 15.0 Å². The van der Waals surface area contributed by atoms with E-state index in [-0.39, 0.29) is 5.56 Å². The Hall–Kier alpha value is -2.86. The molecule has 2 rings (SSSR count). The smallest absolute Gasteiger partial charge is 0.341 e. The number of aromatic nitrogens is 1. The lowest BCUT2D eigenvalue weighted by atomic mass is 10.1. The van der Waals surface area contributed by atoms with Crippen LogP contribution in [0.25, 0.3) is 6.08 Å². The Labute approximate surface area is 155 Å². The van der Waals surface area contributed by atoms with Crippen molar-refractivity contribution in [2.24, 2.45) is 0 Å². The number of amides is 1. The lowest BCUT2D eigenvalue weighted by Crippen LogP contribution is -2.36. The molecule has 0 radical (unpaired) electrons. The summed E-state index contributed by atoms with van der Waals surface area (Å²) in [7, 11) is 0. The van der Waals surface area contributed by atoms with Crippen molar-refractivity contribution in [2.75, 3.05) is 0 Å². The van der Waals surface area contributed by atoms with Crippen LogP contribution in [0.4, 0.5) is 0 Å². The number of benzene rings is 1. The third kappa shape index (κ3) is 5.89. The molecule has 136 valence electrons. The third-order valence-electron chi connectivity index (χ3n) is 3.60. The second-order valence-electron chi connectivity index (χ2n) is 5.58. The molecule has 1 unspecified atom stereocenters. The fraction of sp³-hybridized carbons (Fsp3) is 0.211. The Kier molecular flexibility index (Phi) is 7.17. The molecule has 7 heteroatoms. The highest BCUT2D eigenvalue weighted by Crippen LogP contribution is 2.09. The number of carbonyl (C=O) groups excluding carboxylic acids is 1. The zero-order valence-electron chi connectivity index (χ0n) is 14.0. The molecule has 0 aliphatic carbocycles. The van der Waals surface area contributed by atoms with Crippen LogP contribution in [0.1, 0.15) is 28.8 Å². The number of aryl methyl sites for hydroxylation is 1. The zero-order valence-corrected chi connectivity index (χ0v) is 14.7. The van der Waals surface area contributed by atoms with Gasteiger partial charge in [-0.05, 0) is 36.6 Å². The molecule has 0 saturated carbocycles. The molecule has 2 N–H and O–H groups in total. The predicted octanol–water partition coefficient (Wildman–Crippen LogP) is 2.72. The van der Waals surface area contributed by atoms with Gasteiger partial charge in [-0.2, -0.15) is 0 Å². The normalized spacial score (nSPS) is 12.0. The van der Waals surface area contributed by atoms with E-state index in [0.29, 0.717) is 12.1 Å². The molecular weight excluding hydrogens is 356 g/mol. The third-order valence-corrected chi connectivity index (χ3v) is 3.90. The number of aliphatic carboxylic acids is 1. The average molecular weight is 375 g/mol. The van der Waals surface area contributed by atoms with Crippen LogP contribution < -0.4 is 10.9 Å². The lowest BCUT2D eigenvalue weighted by molar-refractivity contribution is -0.137. The largest absolute Gasteiger partial charge is 0.479 e. The predicted molar refractivity (Wildman–Crippen MR) is 100 cm³/mol. The first kappa shape index (κ1) is 19.5. The quantitative estimate of drug-likeness (QED) is 0.422. The summed E-state index contributed by atoms with van der Waals surface area (Å²) in [5, 5.41) is 10.9. The Morgan fingerprint density at radius 2 is 2.04 bits per heavy atom. The number of nitrogens with one attached hydrogen (secondary N) is 1. The Balaban J connectivity index is 1.88. The Morgan fingerprint density at radius 1 is 1.23 bits per heavy atom. The van der Waals surface area contributed by atoms with Crippen LogP contribution in [0.5, 0.6) is 0 Å². The average Bonchev–Trinajstić information content (AvgIpc) is 2.63. The van der Waals surface area contributed by atoms with Gasteiger partial charge in [-0.1, -0.05) is 42.0 Å². The minimum absolute atomic E-state index is 0.0193. The molecule has 2 aromatic rings. The highest BCUT2D eigenvalue weighted by Gasteiger charge is 2.17. The van der Waals surface area contributed by atoms with Crippen LogP contribution in [0.15, 0.2) is 59.5 Å². The van der Waals surface area contributed by atoms with Gasteiger partial charge in [0.15, 0.2) is 0 Å². The number of rotatable bonds is 8. The monoisotopic (exact) mass is 374 g/mol. The first-order chi connectivity index (χ1) is 12.5. The lowest BCUT2D eigenvalue weighted by Gasteiger charge is -2.08. The number of carboxylic acid groups (broad SMARTS) is 1. The van der Waals surface area contributed by atoms with Crippen molar-refractivity contribution >= 4 is 29.6 Å². The van der Waals surface area contributed by atoms with E-state index in [9.17, 15) is 14.4 Å². The second-order valence-corrected chi connectivity index (χ2v) is 6.01. The zero-order chi connectivity index (χ0) is 18.9. The van der Waals surface area contributed by atoms with Crippen LogP contribution >= 0.6 is 11.6 Å². The summed E-state index contributed by atoms with van der Waals surface area (Å²) in [6.45, 7) is 0.638. The molecule has 1 atom stereocenters. The second kappa shape index (κ2) is 9.58. The van der Waals surface area contributed by atoms with Crippen molar-refractivity contribution in [3.8, 4) is 0 Å². The molecular formula is C19H19ClN2O4. The molecule has 0 aliphatic heterocycles. The van der Waals surface area contributed by atoms with Crippen LogP contribution in [0, 0.1) is 0 Å². The molecule has 26 heavy (non-hydrogen) atoms. The molecule has 0 fully saturated rings. The number of unbranched alkanes of at least 4 members (excludes halogenated alkanes) is 1. The van der Waals surface area contributed by atoms with E-state index in [1.807, 2.05) is 24.3 Å². The number of carboxylic acids is 1. The fourth-order valence-electron chi connectivity index (χ4n) is 2.29. The number of halogens is 1. The molecule has 0 spiro atoms. The van der Waals surface area contributed by atoms with Gasteiger partial charge in [0.1, 0.15) is 0 Å². The van der Waals surface area contributed by atoms with Gasteiger partial charge in [-0.25, -0.2) is 4.79 Å². The number of hydrogen-bond donors (Lipinski definition) is 2. The standard InChI is InChI=1S/C19H19ClN2O4/c20-17(19(25)26)21-18(24)15-9-6-8-14(13-15)7-2-1-4-11-22-12-5-3-10-16(22)23/h2-3,5-10,12-13,17H,1,4,11H2,(H,21,24)(H,25,26). The van der Waals surface area contributed by atoms with Gasteiger partial charge in [0.25, 0.3) is 5.91 Å². The minimum atomic E-state index is -1.47. The van der Waals surface area contributed by atoms with Gasteiger partial charge >= 0.3 is 5.97 Å². The number of carbonyl (C=O) groups is 2. The van der Waals surface area contributed by atoms with Crippen LogP contribution in [0.3, 0.4) is 0 Å². The molecule has 1 amide bonds. The highest BCUT2D eigenvalue weighted by atomic mass is 35.5. The van der Waals surface area contributed by atoms with Crippen LogP contribution in [0.2, 0.25) is 0 Å². The number of allylic oxidation sites excluding steroid dienone is 1. The summed E-state index contributed by atoms with van der Waals surface area (Å²) in [4.78, 5) is 34.2. The molecule has 0 bridgehead atoms. The molecule has 0 saturated heterocycles. The maximum absolute atomic E-state index is 12.0. The Bertz CT molecular complexity index is 860. The van der Waals surface area contributed by atoms with Crippen molar-refractivity contribution < 1.29 is 14.7 Å². The summed E-state index contributed by atoms with van der Waals surface area (Å²) < 4.78 is 1.66. The van der Waals surface area contributed by atoms with E-state index in [0.717, 1.165) is 18.4 Å². The Morgan fingerprint density at radius 3 is 2.77 bits per heavy atom. The summed E-state index contributed by atoms with van der Waals surface area (Å²) in [5.41, 5.74) is -0.344. The highest BCUT2D eigenvalue weighted by molar-refractivity contribution is 6.30. The number of hydrogen-bond acceptors (Lipinski definition) is 3. The van der Waals surface area contributed by atoms with E-state index in [4.69, 9.17) is 16.7 Å². The van der Waals surface area contributed by atoms with Gasteiger partial charge in [0, 0.05) is 24.4 Å². The molecule has 1 aromatic heterocycles. The van der Waals surface area contributed by atoms with Crippen molar-refractivity contribution in [1.29, 1.82) is 0 Å². The van der Waals surface area contributed by atoms with E-state index >= 15 is 0 Å². The van der Waals surface area contributed by atoms with Gasteiger partial charge in [-0.3, -0.25) is 9.59 Å². The first-order valence-electron chi connectivity index (χ1n) is 8.07. The van der Waals surface area contributed by atoms with Crippen molar-refractivity contribution in [2.45, 2.75) is 24.9 Å².